The van der Waals surface area contributed by atoms with Crippen LogP contribution in [0.25, 0.3) is 0 Å². The highest BCUT2D eigenvalue weighted by molar-refractivity contribution is 7.84. The second kappa shape index (κ2) is 14.2. The largest absolute Gasteiger partial charge is 0.481 e. The van der Waals surface area contributed by atoms with Crippen LogP contribution in [0.1, 0.15) is 78.4 Å². The molecule has 3 aromatic rings. The summed E-state index contributed by atoms with van der Waals surface area (Å²) in [5.74, 6) is 3.84. The molecule has 47 heavy (non-hydrogen) atoms. The zero-order chi connectivity index (χ0) is 33.9. The molecule has 11 heteroatoms. The van der Waals surface area contributed by atoms with Crippen LogP contribution in [0.5, 0.6) is 5.75 Å². The van der Waals surface area contributed by atoms with Crippen molar-refractivity contribution in [2.45, 2.75) is 76.0 Å². The lowest BCUT2D eigenvalue weighted by Crippen LogP contribution is -2.56. The minimum atomic E-state index is -1.47. The minimum Gasteiger partial charge on any atom is -0.481 e. The third-order valence-corrected chi connectivity index (χ3v) is 9.19. The number of piperazine rings is 1. The molecular formula is C36H43N5O5S. The van der Waals surface area contributed by atoms with E-state index < -0.39 is 34.6 Å². The van der Waals surface area contributed by atoms with Crippen molar-refractivity contribution < 1.29 is 23.3 Å². The van der Waals surface area contributed by atoms with Crippen LogP contribution in [0.4, 0.5) is 10.6 Å². The first-order chi connectivity index (χ1) is 22.3. The number of hydrogen-bond acceptors (Lipinski definition) is 8. The number of ether oxygens (including phenoxy) is 2. The van der Waals surface area contributed by atoms with Gasteiger partial charge in [-0.05, 0) is 94.3 Å². The number of aromatic nitrogens is 2. The minimum absolute atomic E-state index is 0.348. The van der Waals surface area contributed by atoms with E-state index in [-0.39, 0.29) is 5.91 Å². The number of hydrogen-bond donors (Lipinski definition) is 1. The number of terminal acetylenes is 1. The van der Waals surface area contributed by atoms with E-state index >= 15 is 0 Å². The number of nitrogens with one attached hydrogen (secondary N) is 1. The number of rotatable bonds is 9. The van der Waals surface area contributed by atoms with Gasteiger partial charge in [0.15, 0.2) is 6.10 Å². The van der Waals surface area contributed by atoms with Crippen LogP contribution < -0.4 is 10.1 Å². The topological polar surface area (TPSA) is 114 Å². The number of carbonyl (C=O) groups is 2. The van der Waals surface area contributed by atoms with Crippen molar-refractivity contribution in [3.05, 3.63) is 76.7 Å². The van der Waals surface area contributed by atoms with Crippen molar-refractivity contribution in [1.82, 2.24) is 19.8 Å². The maximum atomic E-state index is 13.3. The van der Waals surface area contributed by atoms with Gasteiger partial charge in [0.25, 0.3) is 5.91 Å². The number of anilines is 1. The first-order valence-electron chi connectivity index (χ1n) is 15.8. The number of nitrogens with zero attached hydrogens (tertiary/aromatic N) is 4. The molecule has 0 radical (unpaired) electrons. The molecule has 3 heterocycles. The molecule has 1 aliphatic heterocycles. The number of aryl methyl sites for hydroxylation is 2. The van der Waals surface area contributed by atoms with Gasteiger partial charge in [-0.2, -0.15) is 0 Å². The molecule has 3 atom stereocenters. The molecule has 2 aromatic heterocycles. The third-order valence-electron chi connectivity index (χ3n) is 8.25. The van der Waals surface area contributed by atoms with Crippen molar-refractivity contribution in [2.75, 3.05) is 37.8 Å². The van der Waals surface area contributed by atoms with Gasteiger partial charge in [0.1, 0.15) is 23.2 Å². The molecule has 0 bridgehead atoms. The summed E-state index contributed by atoms with van der Waals surface area (Å²) >= 11 is 0. The molecule has 10 nitrogen and oxygen atoms in total. The molecule has 1 aromatic carbocycles. The van der Waals surface area contributed by atoms with Crippen LogP contribution in [0.3, 0.4) is 0 Å². The molecule has 1 unspecified atom stereocenters. The summed E-state index contributed by atoms with van der Waals surface area (Å²) in [6.45, 7) is 11.0. The zero-order valence-corrected chi connectivity index (χ0v) is 28.7. The van der Waals surface area contributed by atoms with E-state index in [0.29, 0.717) is 59.7 Å². The number of carbonyl (C=O) groups excluding carboxylic acids is 2. The Hall–Kier alpha value is -4.27. The number of pyridine rings is 2. The molecule has 0 spiro atoms. The second-order valence-electron chi connectivity index (χ2n) is 13.2. The van der Waals surface area contributed by atoms with Crippen LogP contribution >= 0.6 is 0 Å². The molecule has 1 aliphatic carbocycles. The fourth-order valence-electron chi connectivity index (χ4n) is 5.55. The summed E-state index contributed by atoms with van der Waals surface area (Å²) in [5.41, 5.74) is 3.17. The Balaban J connectivity index is 1.41. The Morgan fingerprint density at radius 1 is 1.13 bits per heavy atom. The van der Waals surface area contributed by atoms with Crippen LogP contribution in [-0.4, -0.2) is 80.1 Å². The maximum absolute atomic E-state index is 13.3. The summed E-state index contributed by atoms with van der Waals surface area (Å²) in [4.78, 5) is 39.4. The van der Waals surface area contributed by atoms with Gasteiger partial charge in [-0.15, -0.1) is 6.42 Å². The van der Waals surface area contributed by atoms with E-state index in [9.17, 15) is 13.8 Å². The van der Waals surface area contributed by atoms with Crippen LogP contribution in [-0.2, 0) is 15.5 Å². The Morgan fingerprint density at radius 2 is 1.89 bits per heavy atom. The first kappa shape index (κ1) is 34.1. The predicted octanol–water partition coefficient (Wildman–Crippen LogP) is 5.64. The van der Waals surface area contributed by atoms with Gasteiger partial charge in [-0.25, -0.2) is 9.78 Å². The predicted molar refractivity (Wildman–Crippen MR) is 182 cm³/mol. The van der Waals surface area contributed by atoms with Gasteiger partial charge in [0.2, 0.25) is 0 Å². The molecule has 2 amide bonds. The van der Waals surface area contributed by atoms with Crippen molar-refractivity contribution in [2.24, 2.45) is 0 Å². The molecule has 1 saturated heterocycles. The van der Waals surface area contributed by atoms with Crippen LogP contribution in [0.15, 0.2) is 53.7 Å². The smallest absolute Gasteiger partial charge is 0.411 e. The van der Waals surface area contributed by atoms with E-state index in [1.54, 1.807) is 35.6 Å². The SMILES string of the molecule is C#C[C@@H]1CN(C[C@@H](Oc2cc(C)c(C(=O)Nc3ncccc3C)cc2S(C)=O)c2ccc(C3CC3)cn2)CCN1C(=O)OC(C)(C)C. The third kappa shape index (κ3) is 8.56. The summed E-state index contributed by atoms with van der Waals surface area (Å²) < 4.78 is 25.3. The van der Waals surface area contributed by atoms with Gasteiger partial charge < -0.3 is 14.8 Å². The molecule has 2 aliphatic rings. The number of benzene rings is 1. The van der Waals surface area contributed by atoms with Crippen molar-refractivity contribution in [3.63, 3.8) is 0 Å². The highest BCUT2D eigenvalue weighted by atomic mass is 32.2. The lowest BCUT2D eigenvalue weighted by atomic mass is 10.1. The van der Waals surface area contributed by atoms with Crippen molar-refractivity contribution in [1.29, 1.82) is 0 Å². The Morgan fingerprint density at radius 3 is 2.51 bits per heavy atom. The molecule has 5 rings (SSSR count). The van der Waals surface area contributed by atoms with E-state index in [0.717, 1.165) is 11.3 Å². The van der Waals surface area contributed by atoms with E-state index in [2.05, 4.69) is 27.2 Å². The standard InChI is InChI=1S/C36H43N5O5S/c1-8-27-21-40(16-17-41(27)35(43)46-36(4,5)6)22-31(29-14-13-26(20-38-29)25-11-12-25)45-30-18-24(3)28(19-32(30)47(7)44)34(42)39-33-23(2)10-9-15-37-33/h1,9-10,13-15,18-20,25,27,31H,11-12,16-17,21-22H2,2-7H3,(H,37,39,42)/t27-,31-,47?/m1/s1. The molecule has 2 fully saturated rings. The van der Waals surface area contributed by atoms with Gasteiger partial charge in [-0.1, -0.05) is 18.1 Å². The monoisotopic (exact) mass is 657 g/mol. The van der Waals surface area contributed by atoms with Gasteiger partial charge in [-0.3, -0.25) is 23.8 Å². The maximum Gasteiger partial charge on any atom is 0.411 e. The van der Waals surface area contributed by atoms with Gasteiger partial charge in [0.05, 0.1) is 21.4 Å². The first-order valence-corrected chi connectivity index (χ1v) is 17.4. The fraction of sp³-hybridized carbons (Fsp3) is 0.444. The fourth-order valence-corrected chi connectivity index (χ4v) is 6.22. The van der Waals surface area contributed by atoms with E-state index in [4.69, 9.17) is 20.9 Å². The second-order valence-corrected chi connectivity index (χ2v) is 14.6. The summed E-state index contributed by atoms with van der Waals surface area (Å²) in [5, 5.41) is 2.87. The normalized spacial score (nSPS) is 18.1. The van der Waals surface area contributed by atoms with E-state index in [1.807, 2.05) is 52.9 Å². The lowest BCUT2D eigenvalue weighted by Gasteiger charge is -2.40. The van der Waals surface area contributed by atoms with Crippen molar-refractivity contribution >= 4 is 28.6 Å². The Kier molecular flexibility index (Phi) is 10.3. The molecule has 1 saturated carbocycles. The molecule has 1 N–H and O–H groups in total. The summed E-state index contributed by atoms with van der Waals surface area (Å²) in [6.07, 6.45) is 12.3. The Labute approximate surface area is 279 Å². The van der Waals surface area contributed by atoms with E-state index in [1.165, 1.54) is 18.4 Å². The highest BCUT2D eigenvalue weighted by Crippen LogP contribution is 2.40. The van der Waals surface area contributed by atoms with Crippen LogP contribution in [0, 0.1) is 26.2 Å². The molecular weight excluding hydrogens is 614 g/mol. The highest BCUT2D eigenvalue weighted by Gasteiger charge is 2.34. The lowest BCUT2D eigenvalue weighted by molar-refractivity contribution is 0.00229. The zero-order valence-electron chi connectivity index (χ0n) is 27.9. The average molecular weight is 658 g/mol. The average Bonchev–Trinajstić information content (AvgIpc) is 3.87. The molecule has 248 valence electrons. The Bertz CT molecular complexity index is 1690. The number of amides is 2. The van der Waals surface area contributed by atoms with Gasteiger partial charge in [0, 0.05) is 50.4 Å². The quantitative estimate of drug-likeness (QED) is 0.295. The van der Waals surface area contributed by atoms with Gasteiger partial charge >= 0.3 is 6.09 Å². The summed E-state index contributed by atoms with van der Waals surface area (Å²) in [7, 11) is -1.47. The van der Waals surface area contributed by atoms with Crippen LogP contribution in [0.2, 0.25) is 0 Å². The summed E-state index contributed by atoms with van der Waals surface area (Å²) in [6, 6.07) is 10.7. The van der Waals surface area contributed by atoms with Crippen molar-refractivity contribution in [3.8, 4) is 18.1 Å².